The zero-order valence-corrected chi connectivity index (χ0v) is 10.2. The lowest BCUT2D eigenvalue weighted by molar-refractivity contribution is -0.384. The highest BCUT2D eigenvalue weighted by atomic mass is 16.6. The Balaban J connectivity index is 2.11. The summed E-state index contributed by atoms with van der Waals surface area (Å²) in [5.41, 5.74) is 3.04. The first-order valence-electron chi connectivity index (χ1n) is 5.75. The van der Waals surface area contributed by atoms with Gasteiger partial charge >= 0.3 is 0 Å². The number of aryl methyl sites for hydroxylation is 1. The van der Waals surface area contributed by atoms with E-state index in [1.807, 2.05) is 31.2 Å². The molecule has 0 saturated heterocycles. The third-order valence-corrected chi connectivity index (χ3v) is 2.88. The van der Waals surface area contributed by atoms with E-state index >= 15 is 0 Å². The highest BCUT2D eigenvalue weighted by Crippen LogP contribution is 2.26. The molecule has 0 bridgehead atoms. The standard InChI is InChI=1S/C14H10N2O3/c1-9-2-4-10(5-3-9)14-15-12-8-11(16(17)18)6-7-13(12)19-14/h2-8H,1H3. The normalized spacial score (nSPS) is 10.8. The first-order chi connectivity index (χ1) is 9.13. The predicted octanol–water partition coefficient (Wildman–Crippen LogP) is 3.71. The zero-order chi connectivity index (χ0) is 13.4. The van der Waals surface area contributed by atoms with Gasteiger partial charge in [-0.05, 0) is 25.1 Å². The van der Waals surface area contributed by atoms with Crippen LogP contribution in [-0.4, -0.2) is 9.91 Å². The lowest BCUT2D eigenvalue weighted by atomic mass is 10.1. The molecule has 0 N–H and O–H groups in total. The molecule has 1 heterocycles. The minimum Gasteiger partial charge on any atom is -0.436 e. The number of rotatable bonds is 2. The molecule has 3 rings (SSSR count). The summed E-state index contributed by atoms with van der Waals surface area (Å²) in [5.74, 6) is 0.468. The van der Waals surface area contributed by atoms with E-state index in [-0.39, 0.29) is 5.69 Å². The van der Waals surface area contributed by atoms with Crippen molar-refractivity contribution in [1.82, 2.24) is 4.98 Å². The fraction of sp³-hybridized carbons (Fsp3) is 0.0714. The monoisotopic (exact) mass is 254 g/mol. The Morgan fingerprint density at radius 1 is 1.16 bits per heavy atom. The number of hydrogen-bond acceptors (Lipinski definition) is 4. The molecule has 0 unspecified atom stereocenters. The number of nitro groups is 1. The maximum atomic E-state index is 10.7. The molecule has 0 amide bonds. The molecule has 0 fully saturated rings. The molecular formula is C14H10N2O3. The molecule has 0 spiro atoms. The average Bonchev–Trinajstić information content (AvgIpc) is 2.82. The predicted molar refractivity (Wildman–Crippen MR) is 70.8 cm³/mol. The second-order valence-electron chi connectivity index (χ2n) is 4.29. The van der Waals surface area contributed by atoms with Crippen LogP contribution >= 0.6 is 0 Å². The van der Waals surface area contributed by atoms with Crippen LogP contribution in [0.4, 0.5) is 5.69 Å². The topological polar surface area (TPSA) is 69.2 Å². The highest BCUT2D eigenvalue weighted by molar-refractivity contribution is 5.78. The van der Waals surface area contributed by atoms with Crippen molar-refractivity contribution in [2.45, 2.75) is 6.92 Å². The molecule has 0 aliphatic carbocycles. The smallest absolute Gasteiger partial charge is 0.271 e. The summed E-state index contributed by atoms with van der Waals surface area (Å²) < 4.78 is 5.59. The van der Waals surface area contributed by atoms with Gasteiger partial charge in [-0.1, -0.05) is 17.7 Å². The number of oxazole rings is 1. The van der Waals surface area contributed by atoms with Crippen LogP contribution in [0.3, 0.4) is 0 Å². The van der Waals surface area contributed by atoms with Crippen LogP contribution in [0, 0.1) is 17.0 Å². The molecule has 0 atom stereocenters. The first-order valence-corrected chi connectivity index (χ1v) is 5.75. The van der Waals surface area contributed by atoms with Gasteiger partial charge in [0.05, 0.1) is 4.92 Å². The van der Waals surface area contributed by atoms with E-state index in [0.29, 0.717) is 17.0 Å². The van der Waals surface area contributed by atoms with Gasteiger partial charge in [-0.25, -0.2) is 4.98 Å². The Labute approximate surface area is 108 Å². The van der Waals surface area contributed by atoms with E-state index in [4.69, 9.17) is 4.42 Å². The number of non-ortho nitro benzene ring substituents is 1. The minimum absolute atomic E-state index is 0.0104. The average molecular weight is 254 g/mol. The first kappa shape index (κ1) is 11.4. The summed E-state index contributed by atoms with van der Waals surface area (Å²) in [7, 11) is 0. The van der Waals surface area contributed by atoms with E-state index in [1.54, 1.807) is 6.07 Å². The Bertz CT molecular complexity index is 760. The molecule has 0 saturated carbocycles. The molecule has 0 aliphatic rings. The summed E-state index contributed by atoms with van der Waals surface area (Å²) in [4.78, 5) is 14.5. The number of nitro benzene ring substituents is 1. The van der Waals surface area contributed by atoms with Crippen molar-refractivity contribution in [2.24, 2.45) is 0 Å². The van der Waals surface area contributed by atoms with Crippen LogP contribution in [0.15, 0.2) is 46.9 Å². The molecule has 94 valence electrons. The van der Waals surface area contributed by atoms with Crippen molar-refractivity contribution >= 4 is 16.8 Å². The molecule has 2 aromatic carbocycles. The number of fused-ring (bicyclic) bond motifs is 1. The largest absolute Gasteiger partial charge is 0.436 e. The van der Waals surface area contributed by atoms with E-state index in [1.165, 1.54) is 12.1 Å². The van der Waals surface area contributed by atoms with Crippen LogP contribution in [0.1, 0.15) is 5.56 Å². The van der Waals surface area contributed by atoms with Gasteiger partial charge in [-0.15, -0.1) is 0 Å². The third kappa shape index (κ3) is 2.06. The van der Waals surface area contributed by atoms with Gasteiger partial charge in [0, 0.05) is 17.7 Å². The Kier molecular flexibility index (Phi) is 2.52. The molecule has 5 nitrogen and oxygen atoms in total. The van der Waals surface area contributed by atoms with Gasteiger partial charge in [0.15, 0.2) is 5.58 Å². The number of benzene rings is 2. The lowest BCUT2D eigenvalue weighted by Crippen LogP contribution is -1.86. The van der Waals surface area contributed by atoms with Crippen molar-refractivity contribution in [1.29, 1.82) is 0 Å². The van der Waals surface area contributed by atoms with E-state index in [2.05, 4.69) is 4.98 Å². The third-order valence-electron chi connectivity index (χ3n) is 2.88. The molecule has 19 heavy (non-hydrogen) atoms. The van der Waals surface area contributed by atoms with Gasteiger partial charge < -0.3 is 4.42 Å². The van der Waals surface area contributed by atoms with Gasteiger partial charge in [-0.2, -0.15) is 0 Å². The molecule has 3 aromatic rings. The minimum atomic E-state index is -0.445. The van der Waals surface area contributed by atoms with Crippen LogP contribution in [-0.2, 0) is 0 Å². The van der Waals surface area contributed by atoms with Crippen molar-refractivity contribution in [3.8, 4) is 11.5 Å². The highest BCUT2D eigenvalue weighted by Gasteiger charge is 2.12. The maximum absolute atomic E-state index is 10.7. The van der Waals surface area contributed by atoms with Crippen LogP contribution in [0.25, 0.3) is 22.6 Å². The quantitative estimate of drug-likeness (QED) is 0.516. The van der Waals surface area contributed by atoms with Gasteiger partial charge in [-0.3, -0.25) is 10.1 Å². The van der Waals surface area contributed by atoms with E-state index in [0.717, 1.165) is 11.1 Å². The van der Waals surface area contributed by atoms with Crippen LogP contribution in [0.2, 0.25) is 0 Å². The van der Waals surface area contributed by atoms with Gasteiger partial charge in [0.25, 0.3) is 5.69 Å². The van der Waals surface area contributed by atoms with Gasteiger partial charge in [0.2, 0.25) is 5.89 Å². The Morgan fingerprint density at radius 2 is 1.89 bits per heavy atom. The van der Waals surface area contributed by atoms with Crippen LogP contribution in [0.5, 0.6) is 0 Å². The summed E-state index contributed by atoms with van der Waals surface area (Å²) in [5, 5.41) is 10.7. The molecule has 0 radical (unpaired) electrons. The summed E-state index contributed by atoms with van der Waals surface area (Å²) in [6.45, 7) is 2.00. The second kappa shape index (κ2) is 4.20. The number of nitrogens with zero attached hydrogens (tertiary/aromatic N) is 2. The fourth-order valence-electron chi connectivity index (χ4n) is 1.85. The Morgan fingerprint density at radius 3 is 2.58 bits per heavy atom. The zero-order valence-electron chi connectivity index (χ0n) is 10.2. The SMILES string of the molecule is Cc1ccc(-c2nc3cc([N+](=O)[O-])ccc3o2)cc1. The number of aromatic nitrogens is 1. The lowest BCUT2D eigenvalue weighted by Gasteiger charge is -1.95. The van der Waals surface area contributed by atoms with E-state index < -0.39 is 4.92 Å². The van der Waals surface area contributed by atoms with Crippen molar-refractivity contribution in [2.75, 3.05) is 0 Å². The molecular weight excluding hydrogens is 244 g/mol. The van der Waals surface area contributed by atoms with Crippen molar-refractivity contribution in [3.05, 3.63) is 58.1 Å². The molecule has 5 heteroatoms. The summed E-state index contributed by atoms with van der Waals surface area (Å²) in [6.07, 6.45) is 0. The molecule has 1 aromatic heterocycles. The van der Waals surface area contributed by atoms with Crippen molar-refractivity contribution < 1.29 is 9.34 Å². The van der Waals surface area contributed by atoms with Gasteiger partial charge in [0.1, 0.15) is 5.52 Å². The summed E-state index contributed by atoms with van der Waals surface area (Å²) in [6, 6.07) is 12.1. The maximum Gasteiger partial charge on any atom is 0.271 e. The van der Waals surface area contributed by atoms with E-state index in [9.17, 15) is 10.1 Å². The second-order valence-corrected chi connectivity index (χ2v) is 4.29. The van der Waals surface area contributed by atoms with Crippen LogP contribution < -0.4 is 0 Å². The number of hydrogen-bond donors (Lipinski definition) is 0. The van der Waals surface area contributed by atoms with Crippen molar-refractivity contribution in [3.63, 3.8) is 0 Å². The Hall–Kier alpha value is -2.69. The fourth-order valence-corrected chi connectivity index (χ4v) is 1.85. The summed E-state index contributed by atoms with van der Waals surface area (Å²) >= 11 is 0. The molecule has 0 aliphatic heterocycles.